The molecule has 0 aliphatic carbocycles. The second-order valence-corrected chi connectivity index (χ2v) is 20.8. The van der Waals surface area contributed by atoms with Gasteiger partial charge < -0.3 is 0 Å². The van der Waals surface area contributed by atoms with Crippen LogP contribution in [0, 0.1) is 0 Å². The van der Waals surface area contributed by atoms with E-state index in [0.29, 0.717) is 0 Å². The molecule has 0 amide bonds. The van der Waals surface area contributed by atoms with Crippen LogP contribution in [0.4, 0.5) is 0 Å². The van der Waals surface area contributed by atoms with E-state index in [2.05, 4.69) is 40.8 Å². The van der Waals surface area contributed by atoms with Gasteiger partial charge >= 0.3 is 82.4 Å². The van der Waals surface area contributed by atoms with Gasteiger partial charge in [-0.3, -0.25) is 0 Å². The summed E-state index contributed by atoms with van der Waals surface area (Å²) in [6, 6.07) is 0. The van der Waals surface area contributed by atoms with E-state index in [1.807, 2.05) is 0 Å². The Morgan fingerprint density at radius 3 is 2.25 bits per heavy atom. The second kappa shape index (κ2) is 6.06. The third-order valence-electron chi connectivity index (χ3n) is 2.52. The molecule has 0 heterocycles. The maximum atomic E-state index is 2.50. The van der Waals surface area contributed by atoms with Gasteiger partial charge in [-0.2, -0.15) is 0 Å². The molecule has 0 fully saturated rings. The van der Waals surface area contributed by atoms with Crippen LogP contribution < -0.4 is 0 Å². The van der Waals surface area contributed by atoms with Crippen molar-refractivity contribution in [2.45, 2.75) is 51.9 Å². The Hall–Kier alpha value is 0.539. The minimum absolute atomic E-state index is 0.899. The molecular formula is C11H24Sn. The third-order valence-corrected chi connectivity index (χ3v) is 10.9. The Kier molecular flexibility index (Phi) is 6.34. The van der Waals surface area contributed by atoms with Gasteiger partial charge in [0.2, 0.25) is 0 Å². The molecule has 0 saturated carbocycles. The summed E-state index contributed by atoms with van der Waals surface area (Å²) < 4.78 is 0.899. The van der Waals surface area contributed by atoms with Crippen LogP contribution in [0.5, 0.6) is 0 Å². The Bertz CT molecular complexity index is 130. The maximum absolute atomic E-state index is 2.50. The molecule has 72 valence electrons. The van der Waals surface area contributed by atoms with Crippen LogP contribution >= 0.6 is 0 Å². The zero-order valence-corrected chi connectivity index (χ0v) is 12.2. The zero-order chi connectivity index (χ0) is 9.61. The molecule has 12 heavy (non-hydrogen) atoms. The first-order chi connectivity index (χ1) is 5.48. The summed E-state index contributed by atoms with van der Waals surface area (Å²) >= 11 is -1.59. The zero-order valence-electron chi connectivity index (χ0n) is 9.35. The van der Waals surface area contributed by atoms with Crippen molar-refractivity contribution in [2.24, 2.45) is 0 Å². The van der Waals surface area contributed by atoms with E-state index in [4.69, 9.17) is 0 Å². The predicted octanol–water partition coefficient (Wildman–Crippen LogP) is 4.46. The standard InChI is InChI=1S/C8H15.3CH3.Sn/c1-3-5-7-8-6-4-2;;;;/h3,5,7H,4,6,8H2,1-2H3;3*1H3;/b7-5-;;;;. The van der Waals surface area contributed by atoms with Crippen LogP contribution in [0.3, 0.4) is 0 Å². The molecule has 0 nitrogen and oxygen atoms in total. The van der Waals surface area contributed by atoms with E-state index in [0.717, 1.165) is 3.93 Å². The molecule has 0 aliphatic rings. The molecule has 0 aromatic rings. The van der Waals surface area contributed by atoms with Gasteiger partial charge in [-0.1, -0.05) is 0 Å². The van der Waals surface area contributed by atoms with E-state index >= 15 is 0 Å². The van der Waals surface area contributed by atoms with Crippen molar-refractivity contribution >= 4 is 18.4 Å². The topological polar surface area (TPSA) is 0 Å². The third kappa shape index (κ3) is 6.10. The van der Waals surface area contributed by atoms with Crippen LogP contribution in [-0.2, 0) is 0 Å². The molecule has 0 rings (SSSR count). The SMILES string of the molecule is CCCC/C=C\[C@@H](C)[Sn]([CH3])([CH3])[CH3]. The van der Waals surface area contributed by atoms with Gasteiger partial charge in [0.25, 0.3) is 0 Å². The number of allylic oxidation sites excluding steroid dienone is 2. The van der Waals surface area contributed by atoms with Gasteiger partial charge in [0.1, 0.15) is 0 Å². The molecule has 0 spiro atoms. The fourth-order valence-corrected chi connectivity index (χ4v) is 2.95. The summed E-state index contributed by atoms with van der Waals surface area (Å²) in [5.74, 6) is 0. The summed E-state index contributed by atoms with van der Waals surface area (Å²) in [6.45, 7) is 4.64. The van der Waals surface area contributed by atoms with Gasteiger partial charge in [-0.25, -0.2) is 0 Å². The second-order valence-electron chi connectivity index (χ2n) is 4.73. The molecule has 1 atom stereocenters. The molecule has 0 aromatic heterocycles. The van der Waals surface area contributed by atoms with Crippen molar-refractivity contribution in [2.75, 3.05) is 0 Å². The van der Waals surface area contributed by atoms with Crippen molar-refractivity contribution in [1.29, 1.82) is 0 Å². The van der Waals surface area contributed by atoms with E-state index in [9.17, 15) is 0 Å². The Morgan fingerprint density at radius 2 is 1.83 bits per heavy atom. The van der Waals surface area contributed by atoms with Crippen molar-refractivity contribution in [3.63, 3.8) is 0 Å². The van der Waals surface area contributed by atoms with Gasteiger partial charge in [0.05, 0.1) is 0 Å². The summed E-state index contributed by atoms with van der Waals surface area (Å²) in [7, 11) is 0. The van der Waals surface area contributed by atoms with Gasteiger partial charge in [0.15, 0.2) is 0 Å². The number of unbranched alkanes of at least 4 members (excludes halogenated alkanes) is 2. The van der Waals surface area contributed by atoms with E-state index < -0.39 is 18.4 Å². The summed E-state index contributed by atoms with van der Waals surface area (Å²) in [6.07, 6.45) is 8.78. The first-order valence-electron chi connectivity index (χ1n) is 5.15. The molecule has 0 N–H and O–H groups in total. The number of hydrogen-bond acceptors (Lipinski definition) is 0. The molecule has 0 saturated heterocycles. The van der Waals surface area contributed by atoms with Crippen LogP contribution in [0.15, 0.2) is 12.2 Å². The van der Waals surface area contributed by atoms with Crippen molar-refractivity contribution in [3.8, 4) is 0 Å². The monoisotopic (exact) mass is 276 g/mol. The quantitative estimate of drug-likeness (QED) is 0.394. The molecular weight excluding hydrogens is 251 g/mol. The van der Waals surface area contributed by atoms with Crippen LogP contribution in [0.2, 0.25) is 18.8 Å². The van der Waals surface area contributed by atoms with Crippen molar-refractivity contribution < 1.29 is 0 Å². The van der Waals surface area contributed by atoms with Gasteiger partial charge in [0, 0.05) is 0 Å². The summed E-state index contributed by atoms with van der Waals surface area (Å²) in [5.41, 5.74) is 0. The van der Waals surface area contributed by atoms with Crippen molar-refractivity contribution in [1.82, 2.24) is 0 Å². The Balaban J connectivity index is 3.68. The van der Waals surface area contributed by atoms with Gasteiger partial charge in [-0.15, -0.1) is 0 Å². The number of hydrogen-bond donors (Lipinski definition) is 0. The molecule has 0 bridgehead atoms. The molecule has 0 radical (unpaired) electrons. The molecule has 0 aliphatic heterocycles. The number of rotatable bonds is 5. The van der Waals surface area contributed by atoms with Gasteiger partial charge in [-0.05, 0) is 0 Å². The van der Waals surface area contributed by atoms with E-state index in [1.165, 1.54) is 19.3 Å². The molecule has 0 aromatic carbocycles. The Morgan fingerprint density at radius 1 is 1.25 bits per heavy atom. The average molecular weight is 275 g/mol. The fraction of sp³-hybridized carbons (Fsp3) is 0.818. The minimum atomic E-state index is -1.59. The van der Waals surface area contributed by atoms with Crippen LogP contribution in [0.25, 0.3) is 0 Å². The van der Waals surface area contributed by atoms with Crippen molar-refractivity contribution in [3.05, 3.63) is 12.2 Å². The van der Waals surface area contributed by atoms with Crippen LogP contribution in [-0.4, -0.2) is 18.4 Å². The Labute approximate surface area is 82.3 Å². The average Bonchev–Trinajstić information content (AvgIpc) is 1.96. The molecule has 1 heteroatoms. The van der Waals surface area contributed by atoms with E-state index in [-0.39, 0.29) is 0 Å². The predicted molar refractivity (Wildman–Crippen MR) is 61.4 cm³/mol. The van der Waals surface area contributed by atoms with Crippen LogP contribution in [0.1, 0.15) is 33.1 Å². The summed E-state index contributed by atoms with van der Waals surface area (Å²) in [4.78, 5) is 7.51. The first-order valence-corrected chi connectivity index (χ1v) is 15.4. The normalized spacial score (nSPS) is 15.4. The summed E-state index contributed by atoms with van der Waals surface area (Å²) in [5, 5.41) is 0. The molecule has 0 unspecified atom stereocenters. The fourth-order valence-electron chi connectivity index (χ4n) is 0.911. The first kappa shape index (κ1) is 12.5. The van der Waals surface area contributed by atoms with E-state index in [1.54, 1.807) is 0 Å².